The minimum atomic E-state index is -3.65. The molecule has 0 saturated heterocycles. The van der Waals surface area contributed by atoms with Crippen molar-refractivity contribution < 1.29 is 13.2 Å². The third-order valence-electron chi connectivity index (χ3n) is 3.80. The van der Waals surface area contributed by atoms with Gasteiger partial charge in [0.15, 0.2) is 0 Å². The van der Waals surface area contributed by atoms with Crippen molar-refractivity contribution in [1.29, 1.82) is 0 Å². The van der Waals surface area contributed by atoms with Crippen LogP contribution in [-0.2, 0) is 21.2 Å². The Balaban J connectivity index is 2.12. The molecule has 0 atom stereocenters. The van der Waals surface area contributed by atoms with Crippen molar-refractivity contribution in [2.75, 3.05) is 5.32 Å². The van der Waals surface area contributed by atoms with E-state index in [4.69, 9.17) is 0 Å². The van der Waals surface area contributed by atoms with E-state index >= 15 is 0 Å². The quantitative estimate of drug-likeness (QED) is 0.840. The van der Waals surface area contributed by atoms with E-state index < -0.39 is 15.6 Å². The van der Waals surface area contributed by atoms with E-state index in [1.807, 2.05) is 32.0 Å². The smallest absolute Gasteiger partial charge is 0.241 e. The van der Waals surface area contributed by atoms with E-state index in [1.165, 1.54) is 17.7 Å². The van der Waals surface area contributed by atoms with Gasteiger partial charge in [0.1, 0.15) is 0 Å². The van der Waals surface area contributed by atoms with Gasteiger partial charge in [0.2, 0.25) is 15.9 Å². The Morgan fingerprint density at radius 3 is 2.31 bits per heavy atom. The first-order valence-corrected chi connectivity index (χ1v) is 9.95. The van der Waals surface area contributed by atoms with Crippen LogP contribution < -0.4 is 10.0 Å². The predicted molar refractivity (Wildman–Crippen MR) is 105 cm³/mol. The van der Waals surface area contributed by atoms with Gasteiger partial charge in [0.05, 0.1) is 11.3 Å². The Morgan fingerprint density at radius 1 is 1.00 bits per heavy atom. The number of nitrogens with one attached hydrogen (secondary N) is 2. The second-order valence-electron chi connectivity index (χ2n) is 7.53. The van der Waals surface area contributed by atoms with Gasteiger partial charge in [-0.15, -0.1) is 0 Å². The summed E-state index contributed by atoms with van der Waals surface area (Å²) in [7, 11) is -3.65. The minimum absolute atomic E-state index is 0.122. The van der Waals surface area contributed by atoms with Gasteiger partial charge in [-0.3, -0.25) is 4.79 Å². The van der Waals surface area contributed by atoms with Crippen molar-refractivity contribution in [3.63, 3.8) is 0 Å². The van der Waals surface area contributed by atoms with E-state index in [9.17, 15) is 13.2 Å². The highest BCUT2D eigenvalue weighted by atomic mass is 32.2. The lowest BCUT2D eigenvalue weighted by Crippen LogP contribution is -2.40. The first-order chi connectivity index (χ1) is 12.0. The summed E-state index contributed by atoms with van der Waals surface area (Å²) in [6.07, 6.45) is 0.234. The van der Waals surface area contributed by atoms with E-state index in [2.05, 4.69) is 10.0 Å². The fourth-order valence-electron chi connectivity index (χ4n) is 2.51. The fraction of sp³-hybridized carbons (Fsp3) is 0.350. The molecule has 5 nitrogen and oxygen atoms in total. The lowest BCUT2D eigenvalue weighted by Gasteiger charge is -2.20. The SMILES string of the molecule is Cc1ccc(CC(=O)Nc2cccc(S(=O)(=O)NC(C)(C)C)c2)cc1C. The van der Waals surface area contributed by atoms with Crippen LogP contribution in [0.3, 0.4) is 0 Å². The summed E-state index contributed by atoms with van der Waals surface area (Å²) in [5, 5.41) is 2.77. The second-order valence-corrected chi connectivity index (χ2v) is 9.21. The number of carbonyl (C=O) groups excluding carboxylic acids is 1. The van der Waals surface area contributed by atoms with E-state index in [0.717, 1.165) is 11.1 Å². The minimum Gasteiger partial charge on any atom is -0.326 e. The van der Waals surface area contributed by atoms with Crippen molar-refractivity contribution in [3.05, 3.63) is 59.2 Å². The van der Waals surface area contributed by atoms with Crippen LogP contribution in [-0.4, -0.2) is 19.9 Å². The molecule has 26 heavy (non-hydrogen) atoms. The van der Waals surface area contributed by atoms with Gasteiger partial charge in [-0.1, -0.05) is 24.3 Å². The zero-order valence-corrected chi connectivity index (χ0v) is 16.7. The van der Waals surface area contributed by atoms with E-state index in [0.29, 0.717) is 5.69 Å². The number of benzene rings is 2. The number of hydrogen-bond acceptors (Lipinski definition) is 3. The molecular formula is C20H26N2O3S. The molecule has 2 aromatic carbocycles. The molecule has 0 aliphatic rings. The molecule has 0 heterocycles. The number of aryl methyl sites for hydroxylation is 2. The maximum Gasteiger partial charge on any atom is 0.241 e. The molecule has 0 unspecified atom stereocenters. The number of sulfonamides is 1. The molecule has 0 bridgehead atoms. The molecule has 2 N–H and O–H groups in total. The Hall–Kier alpha value is -2.18. The normalized spacial score (nSPS) is 12.0. The zero-order valence-electron chi connectivity index (χ0n) is 15.9. The van der Waals surface area contributed by atoms with Crippen molar-refractivity contribution >= 4 is 21.6 Å². The number of carbonyl (C=O) groups is 1. The molecule has 0 spiro atoms. The first-order valence-electron chi connectivity index (χ1n) is 8.46. The lowest BCUT2D eigenvalue weighted by molar-refractivity contribution is -0.115. The average molecular weight is 375 g/mol. The summed E-state index contributed by atoms with van der Waals surface area (Å²) in [4.78, 5) is 12.4. The van der Waals surface area contributed by atoms with E-state index in [-0.39, 0.29) is 17.2 Å². The molecule has 2 aromatic rings. The van der Waals surface area contributed by atoms with Gasteiger partial charge in [0, 0.05) is 11.2 Å². The monoisotopic (exact) mass is 374 g/mol. The highest BCUT2D eigenvalue weighted by molar-refractivity contribution is 7.89. The van der Waals surface area contributed by atoms with Gasteiger partial charge < -0.3 is 5.32 Å². The lowest BCUT2D eigenvalue weighted by atomic mass is 10.0. The number of anilines is 1. The van der Waals surface area contributed by atoms with Gasteiger partial charge in [-0.05, 0) is 69.5 Å². The van der Waals surface area contributed by atoms with Crippen LogP contribution in [0.5, 0.6) is 0 Å². The maximum atomic E-state index is 12.4. The highest BCUT2D eigenvalue weighted by Gasteiger charge is 2.22. The number of hydrogen-bond donors (Lipinski definition) is 2. The Labute approximate surface area is 155 Å². The maximum absolute atomic E-state index is 12.4. The molecule has 0 fully saturated rings. The molecule has 140 valence electrons. The third kappa shape index (κ3) is 5.68. The third-order valence-corrected chi connectivity index (χ3v) is 5.56. The Bertz CT molecular complexity index is 913. The van der Waals surface area contributed by atoms with Gasteiger partial charge in [-0.25, -0.2) is 13.1 Å². The summed E-state index contributed by atoms with van der Waals surface area (Å²) < 4.78 is 27.4. The van der Waals surface area contributed by atoms with Gasteiger partial charge in [-0.2, -0.15) is 0 Å². The van der Waals surface area contributed by atoms with Crippen LogP contribution in [0.4, 0.5) is 5.69 Å². The molecule has 0 aromatic heterocycles. The summed E-state index contributed by atoms with van der Waals surface area (Å²) >= 11 is 0. The molecule has 0 radical (unpaired) electrons. The molecular weight excluding hydrogens is 348 g/mol. The van der Waals surface area contributed by atoms with Crippen molar-refractivity contribution in [2.24, 2.45) is 0 Å². The topological polar surface area (TPSA) is 75.3 Å². The zero-order chi connectivity index (χ0) is 19.5. The summed E-state index contributed by atoms with van der Waals surface area (Å²) in [6.45, 7) is 9.36. The van der Waals surface area contributed by atoms with Crippen LogP contribution in [0.1, 0.15) is 37.5 Å². The molecule has 1 amide bonds. The van der Waals surface area contributed by atoms with Crippen LogP contribution in [0.25, 0.3) is 0 Å². The van der Waals surface area contributed by atoms with E-state index in [1.54, 1.807) is 32.9 Å². The highest BCUT2D eigenvalue weighted by Crippen LogP contribution is 2.18. The number of amides is 1. The predicted octanol–water partition coefficient (Wildman–Crippen LogP) is 3.56. The van der Waals surface area contributed by atoms with Crippen LogP contribution in [0, 0.1) is 13.8 Å². The van der Waals surface area contributed by atoms with Crippen molar-refractivity contribution in [2.45, 2.75) is 51.5 Å². The van der Waals surface area contributed by atoms with Crippen molar-refractivity contribution in [3.8, 4) is 0 Å². The largest absolute Gasteiger partial charge is 0.326 e. The van der Waals surface area contributed by atoms with Gasteiger partial charge >= 0.3 is 0 Å². The molecule has 0 aliphatic heterocycles. The molecule has 2 rings (SSSR count). The molecule has 6 heteroatoms. The number of rotatable bonds is 5. The summed E-state index contributed by atoms with van der Waals surface area (Å²) in [6, 6.07) is 12.2. The van der Waals surface area contributed by atoms with Crippen LogP contribution in [0.2, 0.25) is 0 Å². The Morgan fingerprint density at radius 2 is 1.69 bits per heavy atom. The van der Waals surface area contributed by atoms with Crippen molar-refractivity contribution in [1.82, 2.24) is 4.72 Å². The average Bonchev–Trinajstić information content (AvgIpc) is 2.49. The van der Waals surface area contributed by atoms with Gasteiger partial charge in [0.25, 0.3) is 0 Å². The molecule has 0 aliphatic carbocycles. The van der Waals surface area contributed by atoms with Crippen LogP contribution in [0.15, 0.2) is 47.4 Å². The fourth-order valence-corrected chi connectivity index (χ4v) is 3.97. The van der Waals surface area contributed by atoms with Crippen LogP contribution >= 0.6 is 0 Å². The standard InChI is InChI=1S/C20H26N2O3S/c1-14-9-10-16(11-15(14)2)12-19(23)21-17-7-6-8-18(13-17)26(24,25)22-20(3,4)5/h6-11,13,22H,12H2,1-5H3,(H,21,23). The molecule has 0 saturated carbocycles. The Kier molecular flexibility index (Phi) is 5.88. The first kappa shape index (κ1) is 20.1. The second kappa shape index (κ2) is 7.60. The summed E-state index contributed by atoms with van der Waals surface area (Å²) in [5.41, 5.74) is 3.11. The summed E-state index contributed by atoms with van der Waals surface area (Å²) in [5.74, 6) is -0.188.